The Hall–Kier alpha value is -3.48. The molecular weight excluding hydrogens is 419 g/mol. The van der Waals surface area contributed by atoms with Gasteiger partial charge in [0.2, 0.25) is 0 Å². The number of benzene rings is 2. The number of amides is 2. The van der Waals surface area contributed by atoms with Gasteiger partial charge in [0.15, 0.2) is 0 Å². The summed E-state index contributed by atoms with van der Waals surface area (Å²) >= 11 is 0. The van der Waals surface area contributed by atoms with Gasteiger partial charge < -0.3 is 5.32 Å². The van der Waals surface area contributed by atoms with Crippen molar-refractivity contribution in [3.63, 3.8) is 0 Å². The monoisotopic (exact) mass is 446 g/mol. The molecule has 2 aliphatic rings. The van der Waals surface area contributed by atoms with Gasteiger partial charge >= 0.3 is 0 Å². The first-order valence-electron chi connectivity index (χ1n) is 11.4. The molecule has 170 valence electrons. The Balaban J connectivity index is 1.64. The summed E-state index contributed by atoms with van der Waals surface area (Å²) in [5, 5.41) is 7.80. The summed E-state index contributed by atoms with van der Waals surface area (Å²) in [5.41, 5.74) is 3.98. The number of carbonyl (C=O) groups excluding carboxylic acids is 2. The Morgan fingerprint density at radius 1 is 1.15 bits per heavy atom. The van der Waals surface area contributed by atoms with Crippen LogP contribution in [0.5, 0.6) is 0 Å². The molecular formula is C26H27FN4O2. The number of nitrogens with zero attached hydrogens (tertiary/aromatic N) is 3. The Labute approximate surface area is 192 Å². The number of fused-ring (bicyclic) bond motifs is 1. The summed E-state index contributed by atoms with van der Waals surface area (Å²) in [6, 6.07) is 12.9. The first-order valence-corrected chi connectivity index (χ1v) is 11.4. The zero-order chi connectivity index (χ0) is 23.3. The summed E-state index contributed by atoms with van der Waals surface area (Å²) in [6.07, 6.45) is 2.07. The maximum atomic E-state index is 13.8. The molecule has 0 spiro atoms. The minimum atomic E-state index is -0.827. The van der Waals surface area contributed by atoms with E-state index in [4.69, 9.17) is 5.10 Å². The highest BCUT2D eigenvalue weighted by molar-refractivity contribution is 6.05. The van der Waals surface area contributed by atoms with Crippen molar-refractivity contribution in [1.82, 2.24) is 15.1 Å². The predicted octanol–water partition coefficient (Wildman–Crippen LogP) is 4.27. The summed E-state index contributed by atoms with van der Waals surface area (Å²) in [7, 11) is 0. The Morgan fingerprint density at radius 2 is 1.88 bits per heavy atom. The van der Waals surface area contributed by atoms with Crippen molar-refractivity contribution in [3.05, 3.63) is 82.3 Å². The number of halogens is 1. The number of anilines is 1. The molecule has 7 heteroatoms. The number of hydrogen-bond acceptors (Lipinski definition) is 3. The van der Waals surface area contributed by atoms with E-state index in [2.05, 4.69) is 5.32 Å². The third-order valence-corrected chi connectivity index (χ3v) is 6.54. The maximum Gasteiger partial charge on any atom is 0.251 e. The first-order chi connectivity index (χ1) is 15.9. The maximum absolute atomic E-state index is 13.8. The first kappa shape index (κ1) is 21.4. The molecule has 3 aromatic rings. The number of aryl methyl sites for hydroxylation is 2. The summed E-state index contributed by atoms with van der Waals surface area (Å²) in [4.78, 5) is 28.7. The summed E-state index contributed by atoms with van der Waals surface area (Å²) < 4.78 is 15.7. The van der Waals surface area contributed by atoms with E-state index in [1.54, 1.807) is 29.2 Å². The van der Waals surface area contributed by atoms with Crippen LogP contribution in [0.3, 0.4) is 0 Å². The van der Waals surface area contributed by atoms with Gasteiger partial charge in [0.25, 0.3) is 11.8 Å². The molecule has 0 bridgehead atoms. The number of aromatic nitrogens is 2. The van der Waals surface area contributed by atoms with Gasteiger partial charge in [-0.25, -0.2) is 9.07 Å². The molecule has 1 saturated carbocycles. The normalized spacial score (nSPS) is 20.0. The minimum absolute atomic E-state index is 0.179. The van der Waals surface area contributed by atoms with Gasteiger partial charge in [-0.2, -0.15) is 5.10 Å². The average molecular weight is 447 g/mol. The van der Waals surface area contributed by atoms with E-state index in [9.17, 15) is 14.0 Å². The standard InChI is InChI=1S/C26H27FN4O2/c1-4-30-25-21(16(3)29-31(25)20-12-13-20)22(17-8-10-19(27)11-9-17)23(26(30)33)28-24(32)18-7-5-6-15(2)14-18/h5-11,14,20,22-23H,4,12-13H2,1-3H3,(H,28,32)/t22-,23-/m0/s1. The van der Waals surface area contributed by atoms with Crippen LogP contribution < -0.4 is 10.2 Å². The number of rotatable bonds is 5. The van der Waals surface area contributed by atoms with E-state index in [0.717, 1.165) is 41.0 Å². The molecule has 2 atom stereocenters. The Kier molecular flexibility index (Phi) is 5.27. The van der Waals surface area contributed by atoms with Crippen LogP contribution in [-0.2, 0) is 4.79 Å². The molecule has 33 heavy (non-hydrogen) atoms. The molecule has 2 heterocycles. The van der Waals surface area contributed by atoms with Gasteiger partial charge in [0.1, 0.15) is 17.7 Å². The van der Waals surface area contributed by atoms with Crippen molar-refractivity contribution >= 4 is 17.6 Å². The highest BCUT2D eigenvalue weighted by Gasteiger charge is 2.46. The topological polar surface area (TPSA) is 67.2 Å². The number of hydrogen-bond donors (Lipinski definition) is 1. The lowest BCUT2D eigenvalue weighted by Gasteiger charge is -2.38. The van der Waals surface area contributed by atoms with Crippen LogP contribution >= 0.6 is 0 Å². The number of nitrogens with one attached hydrogen (secondary N) is 1. The molecule has 0 unspecified atom stereocenters. The van der Waals surface area contributed by atoms with Crippen LogP contribution in [0.4, 0.5) is 10.2 Å². The van der Waals surface area contributed by atoms with E-state index in [0.29, 0.717) is 18.2 Å². The molecule has 0 radical (unpaired) electrons. The van der Waals surface area contributed by atoms with Crippen molar-refractivity contribution in [2.45, 2.75) is 51.6 Å². The quantitative estimate of drug-likeness (QED) is 0.637. The largest absolute Gasteiger partial charge is 0.339 e. The van der Waals surface area contributed by atoms with Gasteiger partial charge in [-0.05, 0) is 63.4 Å². The van der Waals surface area contributed by atoms with E-state index < -0.39 is 12.0 Å². The van der Waals surface area contributed by atoms with Gasteiger partial charge in [0.05, 0.1) is 11.7 Å². The Bertz CT molecular complexity index is 1230. The van der Waals surface area contributed by atoms with Gasteiger partial charge in [0, 0.05) is 23.6 Å². The van der Waals surface area contributed by atoms with Crippen molar-refractivity contribution < 1.29 is 14.0 Å². The van der Waals surface area contributed by atoms with Crippen LogP contribution in [-0.4, -0.2) is 34.2 Å². The van der Waals surface area contributed by atoms with Gasteiger partial charge in [-0.3, -0.25) is 14.5 Å². The van der Waals surface area contributed by atoms with E-state index in [1.165, 1.54) is 12.1 Å². The van der Waals surface area contributed by atoms with Crippen molar-refractivity contribution in [3.8, 4) is 0 Å². The minimum Gasteiger partial charge on any atom is -0.339 e. The van der Waals surface area contributed by atoms with Crippen LogP contribution in [0.2, 0.25) is 0 Å². The molecule has 2 aromatic carbocycles. The smallest absolute Gasteiger partial charge is 0.251 e. The van der Waals surface area contributed by atoms with Crippen molar-refractivity contribution in [2.75, 3.05) is 11.4 Å². The fourth-order valence-electron chi connectivity index (χ4n) is 4.83. The highest BCUT2D eigenvalue weighted by atomic mass is 19.1. The Morgan fingerprint density at radius 3 is 2.52 bits per heavy atom. The molecule has 1 aliphatic carbocycles. The van der Waals surface area contributed by atoms with Crippen LogP contribution in [0, 0.1) is 19.7 Å². The lowest BCUT2D eigenvalue weighted by atomic mass is 9.81. The molecule has 1 aromatic heterocycles. The number of carbonyl (C=O) groups is 2. The molecule has 5 rings (SSSR count). The predicted molar refractivity (Wildman–Crippen MR) is 124 cm³/mol. The lowest BCUT2D eigenvalue weighted by Crippen LogP contribution is -2.55. The highest BCUT2D eigenvalue weighted by Crippen LogP contribution is 2.47. The third kappa shape index (κ3) is 3.71. The second kappa shape index (κ2) is 8.14. The lowest BCUT2D eigenvalue weighted by molar-refractivity contribution is -0.121. The summed E-state index contributed by atoms with van der Waals surface area (Å²) in [6.45, 7) is 6.26. The van der Waals surface area contributed by atoms with E-state index >= 15 is 0 Å². The SMILES string of the molecule is CCN1C(=O)[C@@H](NC(=O)c2cccc(C)c2)[C@@H](c2ccc(F)cc2)c2c(C)nn(C3CC3)c21. The van der Waals surface area contributed by atoms with E-state index in [-0.39, 0.29) is 17.6 Å². The summed E-state index contributed by atoms with van der Waals surface area (Å²) in [5.74, 6) is -0.491. The zero-order valence-electron chi connectivity index (χ0n) is 19.0. The molecule has 1 aliphatic heterocycles. The average Bonchev–Trinajstić information content (AvgIpc) is 3.59. The van der Waals surface area contributed by atoms with Crippen molar-refractivity contribution in [2.24, 2.45) is 0 Å². The van der Waals surface area contributed by atoms with Crippen LogP contribution in [0.1, 0.15) is 64.5 Å². The molecule has 1 fully saturated rings. The fourth-order valence-corrected chi connectivity index (χ4v) is 4.83. The van der Waals surface area contributed by atoms with Gasteiger partial charge in [-0.1, -0.05) is 29.8 Å². The molecule has 6 nitrogen and oxygen atoms in total. The van der Waals surface area contributed by atoms with Gasteiger partial charge in [-0.15, -0.1) is 0 Å². The van der Waals surface area contributed by atoms with Crippen LogP contribution in [0.25, 0.3) is 0 Å². The molecule has 0 saturated heterocycles. The van der Waals surface area contributed by atoms with Crippen molar-refractivity contribution in [1.29, 1.82) is 0 Å². The third-order valence-electron chi connectivity index (χ3n) is 6.54. The second-order valence-corrected chi connectivity index (χ2v) is 8.93. The fraction of sp³-hybridized carbons (Fsp3) is 0.346. The molecule has 1 N–H and O–H groups in total. The molecule has 2 amide bonds. The van der Waals surface area contributed by atoms with Crippen LogP contribution in [0.15, 0.2) is 48.5 Å². The van der Waals surface area contributed by atoms with E-state index in [1.807, 2.05) is 37.6 Å². The number of likely N-dealkylation sites (N-methyl/N-ethyl adjacent to an activating group) is 1. The zero-order valence-corrected chi connectivity index (χ0v) is 19.0. The second-order valence-electron chi connectivity index (χ2n) is 8.93.